The number of carbonyl (C=O) groups is 1. The monoisotopic (exact) mass is 324 g/mol. The highest BCUT2D eigenvalue weighted by Gasteiger charge is 2.39. The van der Waals surface area contributed by atoms with Gasteiger partial charge in [0.05, 0.1) is 4.92 Å². The lowest BCUT2D eigenvalue weighted by Gasteiger charge is -2.37. The van der Waals surface area contributed by atoms with Gasteiger partial charge in [-0.05, 0) is 30.5 Å². The number of hydrogen-bond acceptors (Lipinski definition) is 4. The Hall–Kier alpha value is -2.69. The molecular formula is C19H20N2O3. The first-order valence-corrected chi connectivity index (χ1v) is 8.19. The number of nitrogens with one attached hydrogen (secondary N) is 1. The van der Waals surface area contributed by atoms with Crippen molar-refractivity contribution in [1.29, 1.82) is 0 Å². The predicted octanol–water partition coefficient (Wildman–Crippen LogP) is 4.13. The summed E-state index contributed by atoms with van der Waals surface area (Å²) >= 11 is 0. The van der Waals surface area contributed by atoms with E-state index in [1.54, 1.807) is 12.1 Å². The molecule has 1 aliphatic rings. The van der Waals surface area contributed by atoms with Crippen LogP contribution in [0.3, 0.4) is 0 Å². The summed E-state index contributed by atoms with van der Waals surface area (Å²) in [5, 5.41) is 14.2. The Kier molecular flexibility index (Phi) is 4.60. The number of nitro benzene ring substituents is 1. The molecule has 2 aromatic rings. The van der Waals surface area contributed by atoms with Crippen molar-refractivity contribution in [2.75, 3.05) is 5.32 Å². The van der Waals surface area contributed by atoms with E-state index in [-0.39, 0.29) is 11.5 Å². The predicted molar refractivity (Wildman–Crippen MR) is 93.1 cm³/mol. The highest BCUT2D eigenvalue weighted by atomic mass is 16.6. The van der Waals surface area contributed by atoms with Crippen molar-refractivity contribution in [2.24, 2.45) is 0 Å². The minimum atomic E-state index is -0.629. The fourth-order valence-electron chi connectivity index (χ4n) is 3.34. The van der Waals surface area contributed by atoms with Crippen LogP contribution in [0.15, 0.2) is 54.6 Å². The first kappa shape index (κ1) is 16.2. The number of nitro groups is 1. The average molecular weight is 324 g/mol. The Labute approximate surface area is 140 Å². The molecule has 0 amide bonds. The van der Waals surface area contributed by atoms with E-state index in [1.807, 2.05) is 30.3 Å². The smallest absolute Gasteiger partial charge is 0.269 e. The summed E-state index contributed by atoms with van der Waals surface area (Å²) in [5.74, 6) is 0.218. The van der Waals surface area contributed by atoms with Crippen LogP contribution in [0.5, 0.6) is 0 Å². The molecule has 1 N–H and O–H groups in total. The molecule has 5 nitrogen and oxygen atoms in total. The third-order valence-corrected chi connectivity index (χ3v) is 4.60. The van der Waals surface area contributed by atoms with E-state index in [0.717, 1.165) is 30.5 Å². The van der Waals surface area contributed by atoms with Gasteiger partial charge >= 0.3 is 0 Å². The van der Waals surface area contributed by atoms with E-state index < -0.39 is 10.5 Å². The van der Waals surface area contributed by atoms with Gasteiger partial charge < -0.3 is 5.32 Å². The molecule has 0 aliphatic heterocycles. The van der Waals surface area contributed by atoms with Crippen molar-refractivity contribution >= 4 is 17.2 Å². The number of Topliss-reactive ketones (excluding diaryl/α,β-unsaturated/α-hetero) is 1. The lowest BCUT2D eigenvalue weighted by Crippen LogP contribution is -2.50. The van der Waals surface area contributed by atoms with Crippen molar-refractivity contribution in [3.63, 3.8) is 0 Å². The molecular weight excluding hydrogens is 304 g/mol. The maximum Gasteiger partial charge on any atom is 0.269 e. The molecule has 0 aromatic heterocycles. The summed E-state index contributed by atoms with van der Waals surface area (Å²) in [6.07, 6.45) is 3.91. The van der Waals surface area contributed by atoms with Crippen LogP contribution in [0.25, 0.3) is 0 Å². The molecule has 0 heterocycles. The second-order valence-electron chi connectivity index (χ2n) is 6.30. The number of rotatable bonds is 5. The van der Waals surface area contributed by atoms with E-state index in [4.69, 9.17) is 0 Å². The van der Waals surface area contributed by atoms with Crippen LogP contribution in [0.4, 0.5) is 11.4 Å². The van der Waals surface area contributed by atoms with Gasteiger partial charge in [0.2, 0.25) is 0 Å². The standard InChI is InChI=1S/C19H20N2O3/c22-18-8-4-5-13-19(18,14-15-6-2-1-3-7-15)20-16-9-11-17(12-10-16)21(23)24/h1-3,6-7,9-12,20H,4-5,8,13-14H2. The normalized spacial score (nSPS) is 20.6. The summed E-state index contributed by atoms with van der Waals surface area (Å²) in [7, 11) is 0. The van der Waals surface area contributed by atoms with Crippen molar-refractivity contribution < 1.29 is 9.72 Å². The number of anilines is 1. The van der Waals surface area contributed by atoms with E-state index in [0.29, 0.717) is 12.8 Å². The third-order valence-electron chi connectivity index (χ3n) is 4.60. The number of ketones is 1. The Morgan fingerprint density at radius 1 is 1.04 bits per heavy atom. The van der Waals surface area contributed by atoms with Crippen molar-refractivity contribution in [3.05, 3.63) is 70.3 Å². The molecule has 2 aromatic carbocycles. The maximum absolute atomic E-state index is 12.7. The summed E-state index contributed by atoms with van der Waals surface area (Å²) < 4.78 is 0. The molecule has 1 saturated carbocycles. The van der Waals surface area contributed by atoms with E-state index in [9.17, 15) is 14.9 Å². The molecule has 5 heteroatoms. The van der Waals surface area contributed by atoms with Gasteiger partial charge in [0.25, 0.3) is 5.69 Å². The van der Waals surface area contributed by atoms with Gasteiger partial charge in [0, 0.05) is 30.7 Å². The molecule has 0 spiro atoms. The van der Waals surface area contributed by atoms with Gasteiger partial charge in [-0.25, -0.2) is 0 Å². The van der Waals surface area contributed by atoms with E-state index >= 15 is 0 Å². The molecule has 124 valence electrons. The maximum atomic E-state index is 12.7. The zero-order valence-corrected chi connectivity index (χ0v) is 13.4. The van der Waals surface area contributed by atoms with Crippen LogP contribution in [-0.2, 0) is 11.2 Å². The van der Waals surface area contributed by atoms with E-state index in [1.165, 1.54) is 12.1 Å². The van der Waals surface area contributed by atoms with Crippen LogP contribution >= 0.6 is 0 Å². The summed E-state index contributed by atoms with van der Waals surface area (Å²) in [5.41, 5.74) is 1.28. The van der Waals surface area contributed by atoms with Crippen LogP contribution in [-0.4, -0.2) is 16.2 Å². The molecule has 0 saturated heterocycles. The second kappa shape index (κ2) is 6.83. The van der Waals surface area contributed by atoms with Crippen LogP contribution < -0.4 is 5.32 Å². The quantitative estimate of drug-likeness (QED) is 0.663. The molecule has 0 radical (unpaired) electrons. The van der Waals surface area contributed by atoms with Gasteiger partial charge in [0.1, 0.15) is 5.54 Å². The first-order chi connectivity index (χ1) is 11.6. The van der Waals surface area contributed by atoms with Crippen LogP contribution in [0, 0.1) is 10.1 Å². The Balaban J connectivity index is 1.87. The van der Waals surface area contributed by atoms with Gasteiger partial charge in [-0.15, -0.1) is 0 Å². The molecule has 0 bridgehead atoms. The topological polar surface area (TPSA) is 72.2 Å². The molecule has 24 heavy (non-hydrogen) atoms. The number of hydrogen-bond donors (Lipinski definition) is 1. The fraction of sp³-hybridized carbons (Fsp3) is 0.316. The molecule has 1 aliphatic carbocycles. The lowest BCUT2D eigenvalue weighted by atomic mass is 9.76. The lowest BCUT2D eigenvalue weighted by molar-refractivity contribution is -0.384. The van der Waals surface area contributed by atoms with Crippen molar-refractivity contribution in [3.8, 4) is 0 Å². The van der Waals surface area contributed by atoms with Crippen LogP contribution in [0.1, 0.15) is 31.2 Å². The SMILES string of the molecule is O=C1CCCCC1(Cc1ccccc1)Nc1ccc([N+](=O)[O-])cc1. The number of nitrogens with zero attached hydrogens (tertiary/aromatic N) is 1. The van der Waals surface area contributed by atoms with Gasteiger partial charge in [-0.3, -0.25) is 14.9 Å². The second-order valence-corrected chi connectivity index (χ2v) is 6.30. The third kappa shape index (κ3) is 3.45. The summed E-state index contributed by atoms with van der Waals surface area (Å²) in [6.45, 7) is 0. The summed E-state index contributed by atoms with van der Waals surface area (Å²) in [6, 6.07) is 16.2. The van der Waals surface area contributed by atoms with Crippen LogP contribution in [0.2, 0.25) is 0 Å². The number of non-ortho nitro benzene ring substituents is 1. The van der Waals surface area contributed by atoms with Gasteiger partial charge in [-0.2, -0.15) is 0 Å². The zero-order valence-electron chi connectivity index (χ0n) is 13.4. The van der Waals surface area contributed by atoms with E-state index in [2.05, 4.69) is 5.32 Å². The Bertz CT molecular complexity index is 728. The highest BCUT2D eigenvalue weighted by Crippen LogP contribution is 2.32. The van der Waals surface area contributed by atoms with Gasteiger partial charge in [-0.1, -0.05) is 36.8 Å². The zero-order chi connectivity index (χ0) is 17.0. The number of benzene rings is 2. The molecule has 1 unspecified atom stereocenters. The Morgan fingerprint density at radius 2 is 1.75 bits per heavy atom. The Morgan fingerprint density at radius 3 is 2.38 bits per heavy atom. The van der Waals surface area contributed by atoms with Crippen molar-refractivity contribution in [1.82, 2.24) is 0 Å². The fourth-order valence-corrected chi connectivity index (χ4v) is 3.34. The minimum absolute atomic E-state index is 0.0487. The van der Waals surface area contributed by atoms with Gasteiger partial charge in [0.15, 0.2) is 5.78 Å². The molecule has 1 fully saturated rings. The first-order valence-electron chi connectivity index (χ1n) is 8.19. The summed E-state index contributed by atoms with van der Waals surface area (Å²) in [4.78, 5) is 23.1. The highest BCUT2D eigenvalue weighted by molar-refractivity contribution is 5.92. The largest absolute Gasteiger partial charge is 0.373 e. The van der Waals surface area contributed by atoms with Crippen molar-refractivity contribution in [2.45, 2.75) is 37.6 Å². The average Bonchev–Trinajstić information content (AvgIpc) is 2.59. The molecule has 3 rings (SSSR count). The minimum Gasteiger partial charge on any atom is -0.373 e. The molecule has 1 atom stereocenters. The number of carbonyl (C=O) groups excluding carboxylic acids is 1.